The van der Waals surface area contributed by atoms with Gasteiger partial charge in [0.25, 0.3) is 0 Å². The molecule has 0 aliphatic carbocycles. The Hall–Kier alpha value is -0.100. The van der Waals surface area contributed by atoms with E-state index in [1.165, 1.54) is 17.0 Å². The molecular weight excluding hydrogens is 315 g/mol. The van der Waals surface area contributed by atoms with Crippen molar-refractivity contribution in [2.24, 2.45) is 0 Å². The van der Waals surface area contributed by atoms with Crippen molar-refractivity contribution < 1.29 is 31.5 Å². The van der Waals surface area contributed by atoms with Gasteiger partial charge in [0.15, 0.2) is 0 Å². The van der Waals surface area contributed by atoms with E-state index in [9.17, 15) is 4.39 Å². The summed E-state index contributed by atoms with van der Waals surface area (Å²) in [4.78, 5) is 1.22. The molecule has 1 aliphatic rings. The number of aliphatic hydroxyl groups excluding tert-OH is 1. The van der Waals surface area contributed by atoms with Crippen molar-refractivity contribution in [3.63, 3.8) is 0 Å². The minimum Gasteiger partial charge on any atom is -1.00 e. The quantitative estimate of drug-likeness (QED) is 0.634. The van der Waals surface area contributed by atoms with Crippen LogP contribution in [-0.2, 0) is 4.74 Å². The summed E-state index contributed by atoms with van der Waals surface area (Å²) in [6, 6.07) is 2.73. The molecule has 108 valence electrons. The molecule has 0 saturated carbocycles. The van der Waals surface area contributed by atoms with Crippen molar-refractivity contribution in [3.05, 3.63) is 33.6 Å². The van der Waals surface area contributed by atoms with Gasteiger partial charge in [-0.3, -0.25) is 0 Å². The fraction of sp³-hybridized carbons (Fsp3) is 0.500. The number of nitrogens with one attached hydrogen (secondary N) is 1. The smallest absolute Gasteiger partial charge is 0.142 e. The minimum absolute atomic E-state index is 0. The van der Waals surface area contributed by atoms with Crippen molar-refractivity contribution in [1.82, 2.24) is 0 Å². The summed E-state index contributed by atoms with van der Waals surface area (Å²) in [5, 5.41) is 9.37. The number of halogens is 4. The Morgan fingerprint density at radius 1 is 1.37 bits per heavy atom. The third-order valence-corrected chi connectivity index (χ3v) is 3.72. The maximum atomic E-state index is 13.5. The van der Waals surface area contributed by atoms with Crippen molar-refractivity contribution in [3.8, 4) is 0 Å². The van der Waals surface area contributed by atoms with E-state index in [1.54, 1.807) is 0 Å². The zero-order valence-corrected chi connectivity index (χ0v) is 12.4. The number of quaternary nitrogens is 1. The van der Waals surface area contributed by atoms with Gasteiger partial charge >= 0.3 is 0 Å². The lowest BCUT2D eigenvalue weighted by molar-refractivity contribution is -0.913. The van der Waals surface area contributed by atoms with Crippen molar-refractivity contribution in [1.29, 1.82) is 0 Å². The topological polar surface area (TPSA) is 33.9 Å². The molecule has 1 fully saturated rings. The average molecular weight is 331 g/mol. The third-order valence-electron chi connectivity index (χ3n) is 3.10. The first-order valence-electron chi connectivity index (χ1n) is 5.82. The third kappa shape index (κ3) is 4.18. The van der Waals surface area contributed by atoms with Crippen LogP contribution in [0.25, 0.3) is 0 Å². The van der Waals surface area contributed by atoms with Gasteiger partial charge in [0.2, 0.25) is 0 Å². The second-order valence-corrected chi connectivity index (χ2v) is 5.14. The summed E-state index contributed by atoms with van der Waals surface area (Å²) in [5.41, 5.74) is 0.619. The first kappa shape index (κ1) is 17.0. The average Bonchev–Trinajstić information content (AvgIpc) is 2.34. The number of benzene rings is 1. The van der Waals surface area contributed by atoms with E-state index in [0.717, 1.165) is 6.54 Å². The molecule has 1 saturated heterocycles. The summed E-state index contributed by atoms with van der Waals surface area (Å²) in [6.45, 7) is 2.87. The van der Waals surface area contributed by atoms with Gasteiger partial charge in [-0.25, -0.2) is 4.39 Å². The van der Waals surface area contributed by atoms with Crippen LogP contribution in [0.15, 0.2) is 12.1 Å². The Labute approximate surface area is 127 Å². The highest BCUT2D eigenvalue weighted by molar-refractivity contribution is 6.35. The number of aliphatic hydroxyl groups is 1. The zero-order chi connectivity index (χ0) is 13.1. The summed E-state index contributed by atoms with van der Waals surface area (Å²) < 4.78 is 19.1. The molecule has 0 bridgehead atoms. The molecule has 7 heteroatoms. The van der Waals surface area contributed by atoms with Crippen molar-refractivity contribution in [2.45, 2.75) is 6.10 Å². The first-order valence-corrected chi connectivity index (χ1v) is 6.58. The largest absolute Gasteiger partial charge is 1.00 e. The van der Waals surface area contributed by atoms with E-state index in [-0.39, 0.29) is 30.1 Å². The van der Waals surface area contributed by atoms with Crippen LogP contribution < -0.4 is 17.3 Å². The fourth-order valence-corrected chi connectivity index (χ4v) is 2.64. The van der Waals surface area contributed by atoms with Crippen LogP contribution in [-0.4, -0.2) is 38.0 Å². The molecule has 0 radical (unpaired) electrons. The lowest BCUT2D eigenvalue weighted by Crippen LogP contribution is -3.14. The number of rotatable bonds is 3. The highest BCUT2D eigenvalue weighted by atomic mass is 35.5. The summed E-state index contributed by atoms with van der Waals surface area (Å²) >= 11 is 11.7. The number of morpholine rings is 1. The molecule has 1 aliphatic heterocycles. The summed E-state index contributed by atoms with van der Waals surface area (Å²) in [7, 11) is 0. The van der Waals surface area contributed by atoms with Crippen LogP contribution in [0, 0.1) is 5.82 Å². The fourth-order valence-electron chi connectivity index (χ4n) is 2.14. The van der Waals surface area contributed by atoms with Crippen molar-refractivity contribution in [2.75, 3.05) is 32.8 Å². The Bertz CT molecular complexity index is 432. The van der Waals surface area contributed by atoms with E-state index < -0.39 is 5.82 Å². The molecular formula is C12H15Cl3FNO2. The lowest BCUT2D eigenvalue weighted by atomic mass is 10.1. The second kappa shape index (κ2) is 7.62. The van der Waals surface area contributed by atoms with Gasteiger partial charge in [-0.2, -0.15) is 0 Å². The molecule has 1 aromatic carbocycles. The Kier molecular flexibility index (Phi) is 6.80. The van der Waals surface area contributed by atoms with Gasteiger partial charge in [0, 0.05) is 10.6 Å². The van der Waals surface area contributed by atoms with Crippen LogP contribution in [0.3, 0.4) is 0 Å². The molecule has 1 unspecified atom stereocenters. The normalized spacial score (nSPS) is 22.9. The van der Waals surface area contributed by atoms with Crippen LogP contribution in [0.4, 0.5) is 4.39 Å². The maximum Gasteiger partial charge on any atom is 0.142 e. The molecule has 0 aromatic heterocycles. The number of hydrogen-bond donors (Lipinski definition) is 2. The second-order valence-electron chi connectivity index (χ2n) is 4.32. The first-order chi connectivity index (χ1) is 8.61. The lowest BCUT2D eigenvalue weighted by Gasteiger charge is -2.30. The van der Waals surface area contributed by atoms with E-state index in [4.69, 9.17) is 33.0 Å². The zero-order valence-electron chi connectivity index (χ0n) is 10.1. The van der Waals surface area contributed by atoms with Gasteiger partial charge in [0.05, 0.1) is 18.2 Å². The summed E-state index contributed by atoms with van der Waals surface area (Å²) in [6.07, 6.45) is -0.250. The van der Waals surface area contributed by atoms with Crippen LogP contribution in [0.5, 0.6) is 0 Å². The van der Waals surface area contributed by atoms with Gasteiger partial charge in [0.1, 0.15) is 31.6 Å². The Morgan fingerprint density at radius 2 is 2.11 bits per heavy atom. The predicted molar refractivity (Wildman–Crippen MR) is 67.8 cm³/mol. The highest BCUT2D eigenvalue weighted by Crippen LogP contribution is 2.30. The molecule has 2 N–H and O–H groups in total. The maximum absolute atomic E-state index is 13.5. The molecule has 0 amide bonds. The molecule has 0 spiro atoms. The Morgan fingerprint density at radius 3 is 2.79 bits per heavy atom. The standard InChI is InChI=1S/C12H14Cl2FNO2.ClH/c13-9-6-10(14)11(15)5-8(9)12-7-16(1-3-17)2-4-18-12;/h5-6,12,17H,1-4,7H2;1H/t12-;/m1./s1. The SMILES string of the molecule is OCC[NH+]1CCO[C@@H](c2cc(F)c(Cl)cc2Cl)C1.[Cl-]. The number of ether oxygens (including phenoxy) is 1. The van der Waals surface area contributed by atoms with Gasteiger partial charge in [-0.15, -0.1) is 0 Å². The van der Waals surface area contributed by atoms with Crippen LogP contribution >= 0.6 is 23.2 Å². The highest BCUT2D eigenvalue weighted by Gasteiger charge is 2.27. The molecule has 19 heavy (non-hydrogen) atoms. The Balaban J connectivity index is 0.00000180. The number of hydrogen-bond acceptors (Lipinski definition) is 2. The monoisotopic (exact) mass is 329 g/mol. The van der Waals surface area contributed by atoms with Crippen LogP contribution in [0.2, 0.25) is 10.0 Å². The predicted octanol–water partition coefficient (Wildman–Crippen LogP) is -1.91. The van der Waals surface area contributed by atoms with E-state index in [1.807, 2.05) is 0 Å². The van der Waals surface area contributed by atoms with Crippen molar-refractivity contribution >= 4 is 23.2 Å². The van der Waals surface area contributed by atoms with Gasteiger partial charge in [-0.1, -0.05) is 23.2 Å². The molecule has 3 nitrogen and oxygen atoms in total. The molecule has 2 atom stereocenters. The van der Waals surface area contributed by atoms with Gasteiger partial charge < -0.3 is 27.2 Å². The molecule has 1 heterocycles. The van der Waals surface area contributed by atoms with E-state index >= 15 is 0 Å². The molecule has 1 aromatic rings. The van der Waals surface area contributed by atoms with E-state index in [2.05, 4.69) is 0 Å². The van der Waals surface area contributed by atoms with Crippen LogP contribution in [0.1, 0.15) is 11.7 Å². The van der Waals surface area contributed by atoms with E-state index in [0.29, 0.717) is 30.3 Å². The van der Waals surface area contributed by atoms with Gasteiger partial charge in [-0.05, 0) is 12.1 Å². The molecule has 2 rings (SSSR count). The summed E-state index contributed by atoms with van der Waals surface area (Å²) in [5.74, 6) is -0.492. The minimum atomic E-state index is -0.492.